The van der Waals surface area contributed by atoms with Gasteiger partial charge in [-0.25, -0.2) is 9.07 Å². The van der Waals surface area contributed by atoms with E-state index in [4.69, 9.17) is 25.8 Å². The van der Waals surface area contributed by atoms with E-state index >= 15 is 0 Å². The van der Waals surface area contributed by atoms with E-state index < -0.39 is 11.9 Å². The Hall–Kier alpha value is -4.57. The lowest BCUT2D eigenvalue weighted by molar-refractivity contribution is -0.113. The molecule has 1 aromatic heterocycles. The summed E-state index contributed by atoms with van der Waals surface area (Å²) in [5.41, 5.74) is 2.53. The third kappa shape index (κ3) is 5.30. The molecule has 0 saturated carbocycles. The Morgan fingerprint density at radius 1 is 1.10 bits per heavy atom. The first-order chi connectivity index (χ1) is 19.4. The summed E-state index contributed by atoms with van der Waals surface area (Å²) in [6.45, 7) is 4.05. The van der Waals surface area contributed by atoms with Gasteiger partial charge in [0.25, 0.3) is 5.91 Å². The third-order valence-electron chi connectivity index (χ3n) is 6.41. The molecule has 2 heterocycles. The van der Waals surface area contributed by atoms with Crippen LogP contribution in [0.25, 0.3) is 0 Å². The van der Waals surface area contributed by atoms with Gasteiger partial charge in [-0.15, -0.1) is 0 Å². The summed E-state index contributed by atoms with van der Waals surface area (Å²) >= 11 is 6.15. The van der Waals surface area contributed by atoms with Crippen LogP contribution in [0.4, 0.5) is 16.0 Å². The molecular weight excluding hydrogens is 537 g/mol. The van der Waals surface area contributed by atoms with E-state index in [1.54, 1.807) is 48.0 Å². The van der Waals surface area contributed by atoms with Crippen LogP contribution in [0, 0.1) is 5.82 Å². The van der Waals surface area contributed by atoms with Crippen LogP contribution < -0.4 is 24.8 Å². The van der Waals surface area contributed by atoms with Crippen molar-refractivity contribution in [2.24, 2.45) is 0 Å². The van der Waals surface area contributed by atoms with E-state index in [9.17, 15) is 9.18 Å². The molecule has 0 aliphatic carbocycles. The van der Waals surface area contributed by atoms with E-state index in [1.807, 2.05) is 19.1 Å². The highest BCUT2D eigenvalue weighted by atomic mass is 35.5. The first-order valence-corrected chi connectivity index (χ1v) is 12.9. The average molecular weight is 564 g/mol. The van der Waals surface area contributed by atoms with Gasteiger partial charge in [0.05, 0.1) is 30.0 Å². The predicted molar refractivity (Wildman–Crippen MR) is 149 cm³/mol. The molecule has 9 nitrogen and oxygen atoms in total. The number of anilines is 2. The number of hydrogen-bond donors (Lipinski definition) is 2. The van der Waals surface area contributed by atoms with Crippen LogP contribution in [0.15, 0.2) is 78.3 Å². The molecule has 11 heteroatoms. The standard InChI is InChI=1S/C29H27ClFN5O4/c1-4-39-23-11-6-5-10-22(23)35-28(37)26-17(2)34-29-32-16-33-36(29)27(26)18-12-13-24(25(14-18)38-3)40-15-19-20(30)8-7-9-21(19)31/h5-14,16,27H,4,15H2,1-3H3,(H,35,37)(H,32,33,34). The van der Waals surface area contributed by atoms with Gasteiger partial charge in [-0.05, 0) is 55.8 Å². The topological polar surface area (TPSA) is 99.5 Å². The Labute approximate surface area is 235 Å². The number of carbonyl (C=O) groups is 1. The fourth-order valence-electron chi connectivity index (χ4n) is 4.53. The van der Waals surface area contributed by atoms with E-state index in [0.717, 1.165) is 0 Å². The lowest BCUT2D eigenvalue weighted by atomic mass is 9.94. The summed E-state index contributed by atoms with van der Waals surface area (Å²) in [7, 11) is 1.50. The molecule has 0 radical (unpaired) electrons. The Morgan fingerprint density at radius 3 is 2.70 bits per heavy atom. The van der Waals surface area contributed by atoms with Crippen LogP contribution >= 0.6 is 11.6 Å². The van der Waals surface area contributed by atoms with Crippen LogP contribution in [0.2, 0.25) is 5.02 Å². The Kier molecular flexibility index (Phi) is 7.88. The number of methoxy groups -OCH3 is 1. The Bertz CT molecular complexity index is 1570. The zero-order valence-electron chi connectivity index (χ0n) is 22.1. The number of para-hydroxylation sites is 2. The van der Waals surface area contributed by atoms with E-state index in [2.05, 4.69) is 20.7 Å². The van der Waals surface area contributed by atoms with Crippen molar-refractivity contribution in [2.75, 3.05) is 24.4 Å². The molecule has 5 rings (SSSR count). The van der Waals surface area contributed by atoms with Gasteiger partial charge in [-0.1, -0.05) is 35.9 Å². The Morgan fingerprint density at radius 2 is 1.93 bits per heavy atom. The van der Waals surface area contributed by atoms with Crippen molar-refractivity contribution < 1.29 is 23.4 Å². The molecule has 0 fully saturated rings. The molecule has 4 aromatic rings. The SMILES string of the molecule is CCOc1ccccc1NC(=O)C1=C(C)Nc2ncnn2C1c1ccc(OCc2c(F)cccc2Cl)c(OC)c1. The monoisotopic (exact) mass is 563 g/mol. The maximum absolute atomic E-state index is 14.3. The summed E-state index contributed by atoms with van der Waals surface area (Å²) in [5.74, 6) is 1.04. The third-order valence-corrected chi connectivity index (χ3v) is 6.77. The predicted octanol–water partition coefficient (Wildman–Crippen LogP) is 5.98. The number of carbonyl (C=O) groups excluding carboxylic acids is 1. The first-order valence-electron chi connectivity index (χ1n) is 12.5. The summed E-state index contributed by atoms with van der Waals surface area (Å²) in [6, 6.07) is 16.3. The summed E-state index contributed by atoms with van der Waals surface area (Å²) in [4.78, 5) is 18.1. The van der Waals surface area contributed by atoms with Crippen LogP contribution in [0.3, 0.4) is 0 Å². The molecule has 0 spiro atoms. The lowest BCUT2D eigenvalue weighted by Crippen LogP contribution is -2.31. The van der Waals surface area contributed by atoms with Gasteiger partial charge < -0.3 is 24.8 Å². The zero-order chi connectivity index (χ0) is 28.2. The quantitative estimate of drug-likeness (QED) is 0.258. The average Bonchev–Trinajstić information content (AvgIpc) is 3.41. The second kappa shape index (κ2) is 11.7. The number of nitrogens with zero attached hydrogens (tertiary/aromatic N) is 3. The molecule has 3 aromatic carbocycles. The summed E-state index contributed by atoms with van der Waals surface area (Å²) in [6.07, 6.45) is 1.42. The number of rotatable bonds is 9. The highest BCUT2D eigenvalue weighted by molar-refractivity contribution is 6.31. The summed E-state index contributed by atoms with van der Waals surface area (Å²) in [5, 5.41) is 10.8. The molecule has 40 heavy (non-hydrogen) atoms. The fourth-order valence-corrected chi connectivity index (χ4v) is 4.75. The van der Waals surface area contributed by atoms with Crippen molar-refractivity contribution in [3.8, 4) is 17.2 Å². The number of halogens is 2. The van der Waals surface area contributed by atoms with Crippen molar-refractivity contribution in [3.05, 3.63) is 100 Å². The second-order valence-electron chi connectivity index (χ2n) is 8.88. The number of fused-ring (bicyclic) bond motifs is 1. The Balaban J connectivity index is 1.48. The van der Waals surface area contributed by atoms with Crippen molar-refractivity contribution in [1.29, 1.82) is 0 Å². The van der Waals surface area contributed by atoms with E-state index in [0.29, 0.717) is 52.3 Å². The number of hydrogen-bond acceptors (Lipinski definition) is 7. The minimum Gasteiger partial charge on any atom is -0.493 e. The normalized spacial score (nSPS) is 14.3. The molecule has 206 valence electrons. The largest absolute Gasteiger partial charge is 0.493 e. The van der Waals surface area contributed by atoms with E-state index in [-0.39, 0.29) is 23.1 Å². The molecule has 0 saturated heterocycles. The number of amides is 1. The van der Waals surface area contributed by atoms with Crippen LogP contribution in [0.5, 0.6) is 17.2 Å². The number of ether oxygens (including phenoxy) is 3. The second-order valence-corrected chi connectivity index (χ2v) is 9.28. The molecule has 1 aliphatic heterocycles. The lowest BCUT2D eigenvalue weighted by Gasteiger charge is -2.29. The minimum atomic E-state index is -0.637. The maximum Gasteiger partial charge on any atom is 0.255 e. The smallest absolute Gasteiger partial charge is 0.255 e. The van der Waals surface area contributed by atoms with Gasteiger partial charge >= 0.3 is 0 Å². The maximum atomic E-state index is 14.3. The highest BCUT2D eigenvalue weighted by Gasteiger charge is 2.34. The number of benzene rings is 3. The molecule has 1 unspecified atom stereocenters. The van der Waals surface area contributed by atoms with Crippen LogP contribution in [-0.2, 0) is 11.4 Å². The molecule has 2 N–H and O–H groups in total. The van der Waals surface area contributed by atoms with Gasteiger partial charge in [-0.2, -0.15) is 10.1 Å². The summed E-state index contributed by atoms with van der Waals surface area (Å²) < 4.78 is 33.1. The van der Waals surface area contributed by atoms with Crippen molar-refractivity contribution in [2.45, 2.75) is 26.5 Å². The zero-order valence-corrected chi connectivity index (χ0v) is 22.8. The first kappa shape index (κ1) is 27.0. The number of aromatic nitrogens is 3. The van der Waals surface area contributed by atoms with E-state index in [1.165, 1.54) is 25.6 Å². The van der Waals surface area contributed by atoms with Gasteiger partial charge in [0.1, 0.15) is 30.5 Å². The number of nitrogens with one attached hydrogen (secondary N) is 2. The molecule has 0 bridgehead atoms. The van der Waals surface area contributed by atoms with Gasteiger partial charge in [-0.3, -0.25) is 4.79 Å². The van der Waals surface area contributed by atoms with Gasteiger partial charge in [0.15, 0.2) is 11.5 Å². The molecule has 1 amide bonds. The van der Waals surface area contributed by atoms with Gasteiger partial charge in [0.2, 0.25) is 5.95 Å². The van der Waals surface area contributed by atoms with Crippen LogP contribution in [0.1, 0.15) is 31.0 Å². The van der Waals surface area contributed by atoms with Crippen LogP contribution in [-0.4, -0.2) is 34.4 Å². The van der Waals surface area contributed by atoms with Crippen molar-refractivity contribution in [3.63, 3.8) is 0 Å². The van der Waals surface area contributed by atoms with Gasteiger partial charge in [0, 0.05) is 11.3 Å². The molecule has 1 aliphatic rings. The number of allylic oxidation sites excluding steroid dienone is 1. The highest BCUT2D eigenvalue weighted by Crippen LogP contribution is 2.39. The van der Waals surface area contributed by atoms with Crippen molar-refractivity contribution in [1.82, 2.24) is 14.8 Å². The molecular formula is C29H27ClFN5O4. The fraction of sp³-hybridized carbons (Fsp3) is 0.207. The van der Waals surface area contributed by atoms with Crippen molar-refractivity contribution >= 4 is 29.1 Å². The molecule has 1 atom stereocenters. The minimum absolute atomic E-state index is 0.0896.